The lowest BCUT2D eigenvalue weighted by atomic mass is 9.92. The first kappa shape index (κ1) is 15.8. The molecule has 0 aromatic heterocycles. The predicted molar refractivity (Wildman–Crippen MR) is 74.4 cm³/mol. The highest BCUT2D eigenvalue weighted by Crippen LogP contribution is 2.34. The van der Waals surface area contributed by atoms with Crippen molar-refractivity contribution >= 4 is 17.8 Å². The van der Waals surface area contributed by atoms with Gasteiger partial charge in [-0.15, -0.1) is 0 Å². The summed E-state index contributed by atoms with van der Waals surface area (Å²) in [4.78, 5) is 37.0. The first-order valence-corrected chi connectivity index (χ1v) is 7.72. The van der Waals surface area contributed by atoms with Gasteiger partial charge in [-0.05, 0) is 32.6 Å². The predicted octanol–water partition coefficient (Wildman–Crippen LogP) is 1.29. The highest BCUT2D eigenvalue weighted by Gasteiger charge is 2.40. The SMILES string of the molecule is CCOC(=O)C1CCN(C(=O)C2CCCC2C(=O)O)CC1. The number of likely N-dealkylation sites (tertiary alicyclic amines) is 1. The van der Waals surface area contributed by atoms with Crippen molar-refractivity contribution in [2.75, 3.05) is 19.7 Å². The number of nitrogens with zero attached hydrogens (tertiary/aromatic N) is 1. The second-order valence-corrected chi connectivity index (χ2v) is 5.83. The molecule has 2 fully saturated rings. The van der Waals surface area contributed by atoms with Crippen LogP contribution in [0.2, 0.25) is 0 Å². The van der Waals surface area contributed by atoms with Crippen LogP contribution in [0.15, 0.2) is 0 Å². The Morgan fingerprint density at radius 1 is 1.10 bits per heavy atom. The molecule has 21 heavy (non-hydrogen) atoms. The van der Waals surface area contributed by atoms with Gasteiger partial charge < -0.3 is 14.7 Å². The van der Waals surface area contributed by atoms with Crippen LogP contribution in [0.5, 0.6) is 0 Å². The van der Waals surface area contributed by atoms with Crippen molar-refractivity contribution in [3.63, 3.8) is 0 Å². The Morgan fingerprint density at radius 2 is 1.71 bits per heavy atom. The van der Waals surface area contributed by atoms with Crippen molar-refractivity contribution in [1.82, 2.24) is 4.90 Å². The molecule has 0 aromatic carbocycles. The van der Waals surface area contributed by atoms with Crippen LogP contribution in [0.1, 0.15) is 39.0 Å². The van der Waals surface area contributed by atoms with Gasteiger partial charge in [-0.25, -0.2) is 0 Å². The molecule has 6 heteroatoms. The molecule has 0 bridgehead atoms. The number of carboxylic acids is 1. The Kier molecular flexibility index (Phi) is 5.20. The fourth-order valence-corrected chi connectivity index (χ4v) is 3.38. The third kappa shape index (κ3) is 3.54. The summed E-state index contributed by atoms with van der Waals surface area (Å²) < 4.78 is 5.01. The number of carboxylic acid groups (broad SMARTS) is 1. The van der Waals surface area contributed by atoms with E-state index >= 15 is 0 Å². The van der Waals surface area contributed by atoms with Crippen molar-refractivity contribution in [3.8, 4) is 0 Å². The van der Waals surface area contributed by atoms with Crippen molar-refractivity contribution in [2.45, 2.75) is 39.0 Å². The van der Waals surface area contributed by atoms with Crippen LogP contribution >= 0.6 is 0 Å². The summed E-state index contributed by atoms with van der Waals surface area (Å²) in [6.07, 6.45) is 3.26. The summed E-state index contributed by atoms with van der Waals surface area (Å²) in [6, 6.07) is 0. The molecule has 0 aromatic rings. The van der Waals surface area contributed by atoms with Crippen molar-refractivity contribution in [1.29, 1.82) is 0 Å². The number of rotatable bonds is 4. The number of amides is 1. The maximum Gasteiger partial charge on any atom is 0.309 e. The summed E-state index contributed by atoms with van der Waals surface area (Å²) >= 11 is 0. The number of hydrogen-bond acceptors (Lipinski definition) is 4. The normalized spacial score (nSPS) is 26.6. The van der Waals surface area contributed by atoms with Crippen LogP contribution in [-0.4, -0.2) is 47.5 Å². The molecule has 1 saturated carbocycles. The van der Waals surface area contributed by atoms with E-state index in [-0.39, 0.29) is 23.7 Å². The third-order valence-electron chi connectivity index (χ3n) is 4.58. The number of piperidine rings is 1. The minimum atomic E-state index is -0.868. The molecule has 2 aliphatic rings. The molecule has 1 heterocycles. The molecular weight excluding hydrogens is 274 g/mol. The summed E-state index contributed by atoms with van der Waals surface area (Å²) in [5, 5.41) is 9.17. The van der Waals surface area contributed by atoms with E-state index in [2.05, 4.69) is 0 Å². The van der Waals surface area contributed by atoms with E-state index in [1.54, 1.807) is 11.8 Å². The Morgan fingerprint density at radius 3 is 2.29 bits per heavy atom. The second-order valence-electron chi connectivity index (χ2n) is 5.83. The Bertz CT molecular complexity index is 414. The lowest BCUT2D eigenvalue weighted by Gasteiger charge is -2.33. The minimum Gasteiger partial charge on any atom is -0.481 e. The average Bonchev–Trinajstić information content (AvgIpc) is 2.96. The van der Waals surface area contributed by atoms with Gasteiger partial charge in [0.2, 0.25) is 5.91 Å². The van der Waals surface area contributed by atoms with E-state index in [9.17, 15) is 19.5 Å². The van der Waals surface area contributed by atoms with Crippen molar-refractivity contribution < 1.29 is 24.2 Å². The molecule has 0 spiro atoms. The van der Waals surface area contributed by atoms with E-state index in [1.165, 1.54) is 0 Å². The molecule has 2 unspecified atom stereocenters. The second kappa shape index (κ2) is 6.91. The summed E-state index contributed by atoms with van der Waals surface area (Å²) in [5.41, 5.74) is 0. The molecule has 118 valence electrons. The molecule has 0 radical (unpaired) electrons. The first-order valence-electron chi connectivity index (χ1n) is 7.72. The van der Waals surface area contributed by atoms with Gasteiger partial charge in [-0.2, -0.15) is 0 Å². The van der Waals surface area contributed by atoms with Crippen molar-refractivity contribution in [2.24, 2.45) is 17.8 Å². The van der Waals surface area contributed by atoms with Gasteiger partial charge in [0.15, 0.2) is 0 Å². The standard InChI is InChI=1S/C15H23NO5/c1-2-21-15(20)10-6-8-16(9-7-10)13(17)11-4-3-5-12(11)14(18)19/h10-12H,2-9H2,1H3,(H,18,19). The lowest BCUT2D eigenvalue weighted by molar-refractivity contribution is -0.153. The zero-order chi connectivity index (χ0) is 15.4. The molecule has 1 N–H and O–H groups in total. The van der Waals surface area contributed by atoms with Gasteiger partial charge in [0.1, 0.15) is 0 Å². The number of aliphatic carboxylic acids is 1. The number of ether oxygens (including phenoxy) is 1. The third-order valence-corrected chi connectivity index (χ3v) is 4.58. The Balaban J connectivity index is 1.88. The van der Waals surface area contributed by atoms with Crippen LogP contribution in [-0.2, 0) is 19.1 Å². The molecule has 1 aliphatic heterocycles. The number of carbonyl (C=O) groups is 3. The molecule has 2 rings (SSSR count). The van der Waals surface area contributed by atoms with E-state index in [1.807, 2.05) is 0 Å². The number of esters is 1. The van der Waals surface area contributed by atoms with Gasteiger partial charge in [0, 0.05) is 13.1 Å². The van der Waals surface area contributed by atoms with Crippen molar-refractivity contribution in [3.05, 3.63) is 0 Å². The Labute approximate surface area is 124 Å². The molecule has 1 aliphatic carbocycles. The highest BCUT2D eigenvalue weighted by atomic mass is 16.5. The smallest absolute Gasteiger partial charge is 0.309 e. The summed E-state index contributed by atoms with van der Waals surface area (Å²) in [7, 11) is 0. The fourth-order valence-electron chi connectivity index (χ4n) is 3.38. The van der Waals surface area contributed by atoms with Crippen LogP contribution in [0.4, 0.5) is 0 Å². The van der Waals surface area contributed by atoms with Crippen LogP contribution in [0, 0.1) is 17.8 Å². The summed E-state index contributed by atoms with van der Waals surface area (Å²) in [6.45, 7) is 3.19. The summed E-state index contributed by atoms with van der Waals surface area (Å²) in [5.74, 6) is -2.17. The van der Waals surface area contributed by atoms with Gasteiger partial charge in [0.25, 0.3) is 0 Å². The quantitative estimate of drug-likeness (QED) is 0.790. The van der Waals surface area contributed by atoms with Crippen LogP contribution in [0.3, 0.4) is 0 Å². The van der Waals surface area contributed by atoms with Gasteiger partial charge in [-0.1, -0.05) is 6.42 Å². The van der Waals surface area contributed by atoms with E-state index in [0.29, 0.717) is 45.4 Å². The topological polar surface area (TPSA) is 83.9 Å². The van der Waals surface area contributed by atoms with Crippen LogP contribution < -0.4 is 0 Å². The van der Waals surface area contributed by atoms with Gasteiger partial charge >= 0.3 is 11.9 Å². The molecule has 2 atom stereocenters. The minimum absolute atomic E-state index is 0.0535. The van der Waals surface area contributed by atoms with Gasteiger partial charge in [-0.3, -0.25) is 14.4 Å². The fraction of sp³-hybridized carbons (Fsp3) is 0.800. The maximum absolute atomic E-state index is 12.5. The maximum atomic E-state index is 12.5. The zero-order valence-electron chi connectivity index (χ0n) is 12.4. The number of hydrogen-bond donors (Lipinski definition) is 1. The molecular formula is C15H23NO5. The van der Waals surface area contributed by atoms with E-state index in [4.69, 9.17) is 4.74 Å². The monoisotopic (exact) mass is 297 g/mol. The zero-order valence-corrected chi connectivity index (χ0v) is 12.4. The average molecular weight is 297 g/mol. The molecule has 1 saturated heterocycles. The van der Waals surface area contributed by atoms with Gasteiger partial charge in [0.05, 0.1) is 24.4 Å². The lowest BCUT2D eigenvalue weighted by Crippen LogP contribution is -2.44. The van der Waals surface area contributed by atoms with Crippen LogP contribution in [0.25, 0.3) is 0 Å². The molecule has 1 amide bonds. The molecule has 6 nitrogen and oxygen atoms in total. The highest BCUT2D eigenvalue weighted by molar-refractivity contribution is 5.85. The van der Waals surface area contributed by atoms with E-state index in [0.717, 1.165) is 6.42 Å². The number of carbonyl (C=O) groups excluding carboxylic acids is 2. The largest absolute Gasteiger partial charge is 0.481 e. The first-order chi connectivity index (χ1) is 10.0. The Hall–Kier alpha value is -1.59. The van der Waals surface area contributed by atoms with E-state index < -0.39 is 11.9 Å².